The van der Waals surface area contributed by atoms with E-state index in [1.807, 2.05) is 6.07 Å². The van der Waals surface area contributed by atoms with E-state index >= 15 is 0 Å². The molecule has 1 aliphatic rings. The number of nitrogens with zero attached hydrogens (tertiary/aromatic N) is 1. The highest BCUT2D eigenvalue weighted by Crippen LogP contribution is 2.22. The van der Waals surface area contributed by atoms with Gasteiger partial charge in [0.25, 0.3) is 5.91 Å². The lowest BCUT2D eigenvalue weighted by molar-refractivity contribution is -0.0101. The Kier molecular flexibility index (Phi) is 3.48. The third-order valence-electron chi connectivity index (χ3n) is 2.69. The molecule has 0 atom stereocenters. The number of carbonyl (C=O) groups excluding carboxylic acids is 1. The fourth-order valence-electron chi connectivity index (χ4n) is 1.50. The third kappa shape index (κ3) is 2.56. The highest BCUT2D eigenvalue weighted by molar-refractivity contribution is 5.91. The standard InChI is InChI=1S/C11H15N3O2/c12-14-11(15)10-6-1-3-8(13-10)7-16-9-4-2-5-9/h1,3,6,9H,2,4-5,7,12H2,(H,14,15). The highest BCUT2D eigenvalue weighted by Gasteiger charge is 2.18. The highest BCUT2D eigenvalue weighted by atomic mass is 16.5. The maximum absolute atomic E-state index is 11.2. The van der Waals surface area contributed by atoms with Gasteiger partial charge in [0.05, 0.1) is 18.4 Å². The molecule has 86 valence electrons. The second kappa shape index (κ2) is 5.05. The van der Waals surface area contributed by atoms with Crippen molar-refractivity contribution in [3.05, 3.63) is 29.6 Å². The summed E-state index contributed by atoms with van der Waals surface area (Å²) in [5, 5.41) is 0. The lowest BCUT2D eigenvalue weighted by Gasteiger charge is -2.25. The third-order valence-corrected chi connectivity index (χ3v) is 2.69. The Hall–Kier alpha value is -1.46. The molecule has 0 aliphatic heterocycles. The van der Waals surface area contributed by atoms with E-state index in [1.54, 1.807) is 12.1 Å². The number of aromatic nitrogens is 1. The molecular weight excluding hydrogens is 206 g/mol. The van der Waals surface area contributed by atoms with Gasteiger partial charge in [-0.3, -0.25) is 10.2 Å². The van der Waals surface area contributed by atoms with Gasteiger partial charge >= 0.3 is 0 Å². The summed E-state index contributed by atoms with van der Waals surface area (Å²) in [6.45, 7) is 0.455. The lowest BCUT2D eigenvalue weighted by atomic mass is 9.96. The van der Waals surface area contributed by atoms with Crippen molar-refractivity contribution >= 4 is 5.91 Å². The van der Waals surface area contributed by atoms with Gasteiger partial charge in [0.1, 0.15) is 5.69 Å². The normalized spacial score (nSPS) is 15.6. The van der Waals surface area contributed by atoms with Crippen molar-refractivity contribution in [2.24, 2.45) is 5.84 Å². The first-order chi connectivity index (χ1) is 7.79. The summed E-state index contributed by atoms with van der Waals surface area (Å²) in [7, 11) is 0. The number of amides is 1. The number of ether oxygens (including phenoxy) is 1. The van der Waals surface area contributed by atoms with E-state index in [1.165, 1.54) is 6.42 Å². The van der Waals surface area contributed by atoms with E-state index < -0.39 is 0 Å². The molecule has 5 heteroatoms. The number of nitrogen functional groups attached to an aromatic ring is 1. The van der Waals surface area contributed by atoms with Crippen LogP contribution in [0.1, 0.15) is 35.4 Å². The first-order valence-electron chi connectivity index (χ1n) is 5.38. The van der Waals surface area contributed by atoms with Gasteiger partial charge in [-0.2, -0.15) is 0 Å². The molecule has 1 aliphatic carbocycles. The van der Waals surface area contributed by atoms with E-state index in [9.17, 15) is 4.79 Å². The Morgan fingerprint density at radius 3 is 3.00 bits per heavy atom. The monoisotopic (exact) mass is 221 g/mol. The van der Waals surface area contributed by atoms with E-state index in [-0.39, 0.29) is 5.91 Å². The van der Waals surface area contributed by atoms with Crippen LogP contribution in [0.2, 0.25) is 0 Å². The molecule has 3 N–H and O–H groups in total. The van der Waals surface area contributed by atoms with Crippen LogP contribution in [0, 0.1) is 0 Å². The largest absolute Gasteiger partial charge is 0.372 e. The fraction of sp³-hybridized carbons (Fsp3) is 0.455. The second-order valence-electron chi connectivity index (χ2n) is 3.85. The van der Waals surface area contributed by atoms with Crippen LogP contribution in [0.5, 0.6) is 0 Å². The minimum Gasteiger partial charge on any atom is -0.372 e. The average molecular weight is 221 g/mol. The quantitative estimate of drug-likeness (QED) is 0.447. The fourth-order valence-corrected chi connectivity index (χ4v) is 1.50. The van der Waals surface area contributed by atoms with Crippen molar-refractivity contribution in [3.63, 3.8) is 0 Å². The Labute approximate surface area is 94.0 Å². The zero-order valence-corrected chi connectivity index (χ0v) is 8.98. The molecule has 1 fully saturated rings. The molecule has 0 unspecified atom stereocenters. The van der Waals surface area contributed by atoms with Crippen molar-refractivity contribution < 1.29 is 9.53 Å². The molecule has 2 rings (SSSR count). The van der Waals surface area contributed by atoms with E-state index in [0.717, 1.165) is 18.5 Å². The van der Waals surface area contributed by atoms with Gasteiger partial charge in [0.2, 0.25) is 0 Å². The van der Waals surface area contributed by atoms with Crippen LogP contribution in [-0.2, 0) is 11.3 Å². The number of nitrogens with one attached hydrogen (secondary N) is 1. The smallest absolute Gasteiger partial charge is 0.283 e. The van der Waals surface area contributed by atoms with Crippen molar-refractivity contribution in [2.75, 3.05) is 0 Å². The minimum absolute atomic E-state index is 0.317. The summed E-state index contributed by atoms with van der Waals surface area (Å²) in [6, 6.07) is 5.23. The van der Waals surface area contributed by atoms with Gasteiger partial charge in [-0.1, -0.05) is 6.07 Å². The summed E-state index contributed by atoms with van der Waals surface area (Å²) >= 11 is 0. The van der Waals surface area contributed by atoms with Gasteiger partial charge < -0.3 is 4.74 Å². The molecule has 0 bridgehead atoms. The van der Waals surface area contributed by atoms with Gasteiger partial charge in [-0.25, -0.2) is 10.8 Å². The number of hydrogen-bond acceptors (Lipinski definition) is 4. The predicted octanol–water partition coefficient (Wildman–Crippen LogP) is 0.754. The average Bonchev–Trinajstić information content (AvgIpc) is 2.26. The maximum Gasteiger partial charge on any atom is 0.283 e. The van der Waals surface area contributed by atoms with Crippen LogP contribution < -0.4 is 11.3 Å². The predicted molar refractivity (Wildman–Crippen MR) is 58.3 cm³/mol. The summed E-state index contributed by atoms with van der Waals surface area (Å²) in [5.74, 6) is 4.65. The van der Waals surface area contributed by atoms with Gasteiger partial charge in [-0.05, 0) is 31.4 Å². The number of nitrogens with two attached hydrogens (primary N) is 1. The SMILES string of the molecule is NNC(=O)c1cccc(COC2CCC2)n1. The number of carbonyl (C=O) groups is 1. The molecule has 5 nitrogen and oxygen atoms in total. The van der Waals surface area contributed by atoms with Crippen LogP contribution in [0.15, 0.2) is 18.2 Å². The molecule has 0 saturated heterocycles. The van der Waals surface area contributed by atoms with Crippen LogP contribution in [-0.4, -0.2) is 17.0 Å². The Bertz CT molecular complexity index is 377. The summed E-state index contributed by atoms with van der Waals surface area (Å²) in [4.78, 5) is 15.4. The topological polar surface area (TPSA) is 77.2 Å². The summed E-state index contributed by atoms with van der Waals surface area (Å²) in [6.07, 6.45) is 3.87. The van der Waals surface area contributed by atoms with Crippen molar-refractivity contribution in [1.82, 2.24) is 10.4 Å². The molecule has 1 amide bonds. The van der Waals surface area contributed by atoms with Crippen LogP contribution >= 0.6 is 0 Å². The summed E-state index contributed by atoms with van der Waals surface area (Å²) in [5.41, 5.74) is 3.13. The number of rotatable bonds is 4. The van der Waals surface area contributed by atoms with E-state index in [2.05, 4.69) is 10.4 Å². The maximum atomic E-state index is 11.2. The molecule has 0 aromatic carbocycles. The Morgan fingerprint density at radius 1 is 1.56 bits per heavy atom. The molecule has 0 radical (unpaired) electrons. The lowest BCUT2D eigenvalue weighted by Crippen LogP contribution is -2.31. The van der Waals surface area contributed by atoms with Crippen LogP contribution in [0.3, 0.4) is 0 Å². The molecule has 0 spiro atoms. The zero-order valence-electron chi connectivity index (χ0n) is 8.98. The van der Waals surface area contributed by atoms with Crippen LogP contribution in [0.25, 0.3) is 0 Å². The van der Waals surface area contributed by atoms with Crippen LogP contribution in [0.4, 0.5) is 0 Å². The van der Waals surface area contributed by atoms with Crippen molar-refractivity contribution in [3.8, 4) is 0 Å². The van der Waals surface area contributed by atoms with Gasteiger partial charge in [0.15, 0.2) is 0 Å². The number of hydrazine groups is 1. The molecule has 1 heterocycles. The minimum atomic E-state index is -0.384. The molecule has 1 saturated carbocycles. The zero-order chi connectivity index (χ0) is 11.4. The van der Waals surface area contributed by atoms with Gasteiger partial charge in [-0.15, -0.1) is 0 Å². The second-order valence-corrected chi connectivity index (χ2v) is 3.85. The molecule has 16 heavy (non-hydrogen) atoms. The molecular formula is C11H15N3O2. The first-order valence-corrected chi connectivity index (χ1v) is 5.38. The Balaban J connectivity index is 1.95. The Morgan fingerprint density at radius 2 is 2.38 bits per heavy atom. The van der Waals surface area contributed by atoms with Gasteiger partial charge in [0, 0.05) is 0 Å². The van der Waals surface area contributed by atoms with Crippen molar-refractivity contribution in [2.45, 2.75) is 32.0 Å². The van der Waals surface area contributed by atoms with E-state index in [0.29, 0.717) is 18.4 Å². The first kappa shape index (κ1) is 11.0. The summed E-state index contributed by atoms with van der Waals surface area (Å²) < 4.78 is 5.61. The molecule has 1 aromatic heterocycles. The number of hydrogen-bond donors (Lipinski definition) is 2. The number of pyridine rings is 1. The molecule has 1 aromatic rings. The van der Waals surface area contributed by atoms with E-state index in [4.69, 9.17) is 10.6 Å². The van der Waals surface area contributed by atoms with Crippen molar-refractivity contribution in [1.29, 1.82) is 0 Å².